The SMILES string of the molecule is O=C(O)COc1ccc(C(=O)c2ccc(Cl)c(Cl)c2)c(Cl)c1Cl. The van der Waals surface area contributed by atoms with Crippen molar-refractivity contribution < 1.29 is 19.4 Å². The van der Waals surface area contributed by atoms with E-state index >= 15 is 0 Å². The zero-order valence-electron chi connectivity index (χ0n) is 11.3. The number of ketones is 1. The highest BCUT2D eigenvalue weighted by atomic mass is 35.5. The van der Waals surface area contributed by atoms with E-state index in [1.54, 1.807) is 0 Å². The van der Waals surface area contributed by atoms with Gasteiger partial charge in [0, 0.05) is 11.1 Å². The minimum atomic E-state index is -1.16. The Labute approximate surface area is 151 Å². The van der Waals surface area contributed by atoms with Crippen LogP contribution in [0.15, 0.2) is 30.3 Å². The second-order valence-corrected chi connectivity index (χ2v) is 5.95. The molecule has 0 amide bonds. The number of hydrogen-bond acceptors (Lipinski definition) is 3. The lowest BCUT2D eigenvalue weighted by atomic mass is 10.0. The van der Waals surface area contributed by atoms with Crippen molar-refractivity contribution in [3.05, 3.63) is 61.5 Å². The normalized spacial score (nSPS) is 10.4. The third-order valence-corrected chi connectivity index (χ3v) is 4.43. The summed E-state index contributed by atoms with van der Waals surface area (Å²) in [6.07, 6.45) is 0. The average Bonchev–Trinajstić information content (AvgIpc) is 2.50. The molecular formula is C15H8Cl4O4. The van der Waals surface area contributed by atoms with Crippen LogP contribution in [0.1, 0.15) is 15.9 Å². The number of carbonyl (C=O) groups excluding carboxylic acids is 1. The molecule has 2 aromatic carbocycles. The Hall–Kier alpha value is -1.46. The molecule has 0 aliphatic carbocycles. The molecule has 23 heavy (non-hydrogen) atoms. The predicted molar refractivity (Wildman–Crippen MR) is 89.5 cm³/mol. The van der Waals surface area contributed by atoms with Gasteiger partial charge in [-0.3, -0.25) is 4.79 Å². The van der Waals surface area contributed by atoms with E-state index in [-0.39, 0.29) is 31.9 Å². The molecule has 0 radical (unpaired) electrons. The molecule has 0 aromatic heterocycles. The smallest absolute Gasteiger partial charge is 0.341 e. The van der Waals surface area contributed by atoms with Crippen LogP contribution >= 0.6 is 46.4 Å². The first-order chi connectivity index (χ1) is 10.8. The first-order valence-corrected chi connectivity index (χ1v) is 7.64. The fourth-order valence-corrected chi connectivity index (χ4v) is 2.51. The van der Waals surface area contributed by atoms with Crippen LogP contribution < -0.4 is 4.74 Å². The molecular weight excluding hydrogens is 386 g/mol. The van der Waals surface area contributed by atoms with E-state index < -0.39 is 18.4 Å². The number of halogens is 4. The van der Waals surface area contributed by atoms with Crippen LogP contribution in [0.5, 0.6) is 5.75 Å². The van der Waals surface area contributed by atoms with E-state index in [0.717, 1.165) is 0 Å². The zero-order valence-corrected chi connectivity index (χ0v) is 14.3. The van der Waals surface area contributed by atoms with Gasteiger partial charge in [0.15, 0.2) is 12.4 Å². The Kier molecular flexibility index (Phi) is 5.76. The first kappa shape index (κ1) is 17.9. The highest BCUT2D eigenvalue weighted by Crippen LogP contribution is 2.36. The van der Waals surface area contributed by atoms with Gasteiger partial charge in [0.05, 0.1) is 15.1 Å². The maximum Gasteiger partial charge on any atom is 0.341 e. The molecule has 120 valence electrons. The van der Waals surface area contributed by atoms with E-state index in [2.05, 4.69) is 0 Å². The summed E-state index contributed by atoms with van der Waals surface area (Å²) in [5, 5.41) is 9.08. The summed E-state index contributed by atoms with van der Waals surface area (Å²) < 4.78 is 4.99. The van der Waals surface area contributed by atoms with Crippen molar-refractivity contribution in [2.75, 3.05) is 6.61 Å². The van der Waals surface area contributed by atoms with Crippen molar-refractivity contribution in [1.29, 1.82) is 0 Å². The van der Waals surface area contributed by atoms with Gasteiger partial charge in [-0.05, 0) is 30.3 Å². The monoisotopic (exact) mass is 392 g/mol. The second-order valence-electron chi connectivity index (χ2n) is 4.38. The lowest BCUT2D eigenvalue weighted by Crippen LogP contribution is -2.10. The molecule has 2 rings (SSSR count). The van der Waals surface area contributed by atoms with Crippen molar-refractivity contribution in [1.82, 2.24) is 0 Å². The Morgan fingerprint density at radius 3 is 2.26 bits per heavy atom. The Balaban J connectivity index is 2.36. The lowest BCUT2D eigenvalue weighted by Gasteiger charge is -2.10. The summed E-state index contributed by atoms with van der Waals surface area (Å²) in [7, 11) is 0. The molecule has 4 nitrogen and oxygen atoms in total. The number of ether oxygens (including phenoxy) is 1. The molecule has 0 saturated heterocycles. The topological polar surface area (TPSA) is 63.6 Å². The molecule has 0 atom stereocenters. The van der Waals surface area contributed by atoms with Gasteiger partial charge in [0.1, 0.15) is 10.8 Å². The number of carbonyl (C=O) groups is 2. The number of carboxylic acids is 1. The fourth-order valence-electron chi connectivity index (χ4n) is 1.75. The predicted octanol–water partition coefficient (Wildman–Crippen LogP) is 4.99. The summed E-state index contributed by atoms with van der Waals surface area (Å²) in [5.41, 5.74) is 0.425. The molecule has 0 fully saturated rings. The Bertz CT molecular complexity index is 789. The molecule has 2 aromatic rings. The van der Waals surface area contributed by atoms with Gasteiger partial charge >= 0.3 is 5.97 Å². The summed E-state index contributed by atoms with van der Waals surface area (Å²) in [6, 6.07) is 7.20. The van der Waals surface area contributed by atoms with E-state index in [1.807, 2.05) is 0 Å². The van der Waals surface area contributed by atoms with Crippen molar-refractivity contribution in [2.24, 2.45) is 0 Å². The van der Waals surface area contributed by atoms with Crippen LogP contribution in [-0.2, 0) is 4.79 Å². The number of carboxylic acid groups (broad SMARTS) is 1. The fraction of sp³-hybridized carbons (Fsp3) is 0.0667. The molecule has 0 saturated carbocycles. The Morgan fingerprint density at radius 1 is 0.957 bits per heavy atom. The van der Waals surface area contributed by atoms with Gasteiger partial charge < -0.3 is 9.84 Å². The molecule has 0 bridgehead atoms. The van der Waals surface area contributed by atoms with E-state index in [4.69, 9.17) is 56.2 Å². The van der Waals surface area contributed by atoms with Gasteiger partial charge in [0.2, 0.25) is 0 Å². The van der Waals surface area contributed by atoms with Gasteiger partial charge in [-0.25, -0.2) is 4.79 Å². The molecule has 8 heteroatoms. The van der Waals surface area contributed by atoms with E-state index in [1.165, 1.54) is 30.3 Å². The van der Waals surface area contributed by atoms with Crippen LogP contribution in [-0.4, -0.2) is 23.5 Å². The van der Waals surface area contributed by atoms with Crippen molar-refractivity contribution in [2.45, 2.75) is 0 Å². The van der Waals surface area contributed by atoms with E-state index in [9.17, 15) is 9.59 Å². The molecule has 0 spiro atoms. The highest BCUT2D eigenvalue weighted by molar-refractivity contribution is 6.45. The van der Waals surface area contributed by atoms with Crippen molar-refractivity contribution >= 4 is 58.2 Å². The quantitative estimate of drug-likeness (QED) is 0.726. The van der Waals surface area contributed by atoms with Gasteiger partial charge in [-0.2, -0.15) is 0 Å². The highest BCUT2D eigenvalue weighted by Gasteiger charge is 2.19. The lowest BCUT2D eigenvalue weighted by molar-refractivity contribution is -0.139. The van der Waals surface area contributed by atoms with Gasteiger partial charge in [0.25, 0.3) is 0 Å². The summed E-state index contributed by atoms with van der Waals surface area (Å²) in [5.74, 6) is -1.49. The molecule has 0 aliphatic heterocycles. The summed E-state index contributed by atoms with van der Waals surface area (Å²) >= 11 is 23.8. The van der Waals surface area contributed by atoms with Gasteiger partial charge in [-0.1, -0.05) is 46.4 Å². The number of hydrogen-bond donors (Lipinski definition) is 1. The minimum Gasteiger partial charge on any atom is -0.480 e. The largest absolute Gasteiger partial charge is 0.480 e. The average molecular weight is 394 g/mol. The van der Waals surface area contributed by atoms with Crippen LogP contribution in [0.25, 0.3) is 0 Å². The van der Waals surface area contributed by atoms with Crippen molar-refractivity contribution in [3.8, 4) is 5.75 Å². The van der Waals surface area contributed by atoms with Crippen LogP contribution in [0.2, 0.25) is 20.1 Å². The maximum absolute atomic E-state index is 12.5. The van der Waals surface area contributed by atoms with E-state index in [0.29, 0.717) is 5.02 Å². The first-order valence-electron chi connectivity index (χ1n) is 6.13. The molecule has 0 aliphatic rings. The minimum absolute atomic E-state index is 0.0365. The van der Waals surface area contributed by atoms with Crippen LogP contribution in [0.3, 0.4) is 0 Å². The molecule has 0 heterocycles. The second kappa shape index (κ2) is 7.41. The zero-order chi connectivity index (χ0) is 17.1. The van der Waals surface area contributed by atoms with Crippen LogP contribution in [0, 0.1) is 0 Å². The maximum atomic E-state index is 12.5. The van der Waals surface area contributed by atoms with Crippen LogP contribution in [0.4, 0.5) is 0 Å². The number of aliphatic carboxylic acids is 1. The van der Waals surface area contributed by atoms with Crippen molar-refractivity contribution in [3.63, 3.8) is 0 Å². The summed E-state index contributed by atoms with van der Waals surface area (Å²) in [6.45, 7) is -0.573. The molecule has 0 unspecified atom stereocenters. The number of benzene rings is 2. The molecule has 1 N–H and O–H groups in total. The third kappa shape index (κ3) is 4.09. The van der Waals surface area contributed by atoms with Gasteiger partial charge in [-0.15, -0.1) is 0 Å². The summed E-state index contributed by atoms with van der Waals surface area (Å²) in [4.78, 5) is 23.0. The third-order valence-electron chi connectivity index (χ3n) is 2.82. The standard InChI is InChI=1S/C15H8Cl4O4/c16-9-3-1-7(5-10(9)17)15(22)8-2-4-11(14(19)13(8)18)23-6-12(20)21/h1-5H,6H2,(H,20,21). The Morgan fingerprint density at radius 2 is 1.65 bits per heavy atom. The number of rotatable bonds is 5.